The molecule has 0 radical (unpaired) electrons. The number of amides is 2. The molecule has 0 fully saturated rings. The van der Waals surface area contributed by atoms with Crippen LogP contribution >= 0.6 is 11.3 Å². The predicted molar refractivity (Wildman–Crippen MR) is 98.5 cm³/mol. The number of benzene rings is 1. The molecular formula is C18H20N2O4S. The Morgan fingerprint density at radius 2 is 1.84 bits per heavy atom. The summed E-state index contributed by atoms with van der Waals surface area (Å²) in [6, 6.07) is 8.61. The van der Waals surface area contributed by atoms with Crippen LogP contribution in [0.15, 0.2) is 30.3 Å². The number of Topliss-reactive ketones (excluding diaryl/α,β-unsaturated/α-hetero) is 1. The quantitative estimate of drug-likeness (QED) is 0.739. The van der Waals surface area contributed by atoms with Crippen LogP contribution < -0.4 is 15.4 Å². The fourth-order valence-corrected chi connectivity index (χ4v) is 3.07. The standard InChI is InChI=1S/C18H20N2O4S/c1-11-4-8-17(25-11)15(22)6-9-18(23)20-14-10-13(19-12(2)21)5-7-16(14)24-3/h4-5,7-8,10H,6,9H2,1-3H3,(H,19,21)(H,20,23). The molecule has 2 amide bonds. The van der Waals surface area contributed by atoms with Crippen LogP contribution in [-0.4, -0.2) is 24.7 Å². The highest BCUT2D eigenvalue weighted by atomic mass is 32.1. The molecule has 2 N–H and O–H groups in total. The molecule has 1 aromatic heterocycles. The SMILES string of the molecule is COc1ccc(NC(C)=O)cc1NC(=O)CCC(=O)c1ccc(C)s1. The number of ketones is 1. The fourth-order valence-electron chi connectivity index (χ4n) is 2.23. The van der Waals surface area contributed by atoms with Crippen LogP contribution in [0, 0.1) is 6.92 Å². The van der Waals surface area contributed by atoms with Crippen LogP contribution in [0.1, 0.15) is 34.3 Å². The number of ether oxygens (including phenoxy) is 1. The summed E-state index contributed by atoms with van der Waals surface area (Å²) in [5.41, 5.74) is 0.993. The summed E-state index contributed by atoms with van der Waals surface area (Å²) in [5.74, 6) is -0.0749. The Morgan fingerprint density at radius 1 is 1.08 bits per heavy atom. The Bertz CT molecular complexity index is 798. The highest BCUT2D eigenvalue weighted by Gasteiger charge is 2.13. The molecule has 0 saturated carbocycles. The van der Waals surface area contributed by atoms with Crippen molar-refractivity contribution < 1.29 is 19.1 Å². The Kier molecular flexibility index (Phi) is 6.30. The van der Waals surface area contributed by atoms with Crippen molar-refractivity contribution in [1.82, 2.24) is 0 Å². The second-order valence-corrected chi connectivity index (χ2v) is 6.77. The highest BCUT2D eigenvalue weighted by molar-refractivity contribution is 7.14. The summed E-state index contributed by atoms with van der Waals surface area (Å²) in [4.78, 5) is 37.1. The molecule has 2 rings (SSSR count). The van der Waals surface area contributed by atoms with Gasteiger partial charge in [-0.3, -0.25) is 14.4 Å². The topological polar surface area (TPSA) is 84.5 Å². The second kappa shape index (κ2) is 8.43. The first-order chi connectivity index (χ1) is 11.9. The van der Waals surface area contributed by atoms with Gasteiger partial charge in [0.15, 0.2) is 5.78 Å². The van der Waals surface area contributed by atoms with Crippen LogP contribution in [-0.2, 0) is 9.59 Å². The van der Waals surface area contributed by atoms with E-state index < -0.39 is 0 Å². The van der Waals surface area contributed by atoms with E-state index in [4.69, 9.17) is 4.74 Å². The minimum absolute atomic E-state index is 0.0489. The number of nitrogens with one attached hydrogen (secondary N) is 2. The minimum atomic E-state index is -0.292. The van der Waals surface area contributed by atoms with Crippen LogP contribution in [0.3, 0.4) is 0 Å². The van der Waals surface area contributed by atoms with Gasteiger partial charge in [0.1, 0.15) is 5.75 Å². The molecule has 7 heteroatoms. The number of hydrogen-bond acceptors (Lipinski definition) is 5. The van der Waals surface area contributed by atoms with Gasteiger partial charge in [-0.05, 0) is 37.3 Å². The number of hydrogen-bond donors (Lipinski definition) is 2. The maximum absolute atomic E-state index is 12.2. The molecule has 132 valence electrons. The zero-order valence-electron chi connectivity index (χ0n) is 14.3. The van der Waals surface area contributed by atoms with E-state index in [9.17, 15) is 14.4 Å². The largest absolute Gasteiger partial charge is 0.495 e. The van der Waals surface area contributed by atoms with E-state index in [-0.39, 0.29) is 30.4 Å². The number of aryl methyl sites for hydroxylation is 1. The molecule has 0 atom stereocenters. The van der Waals surface area contributed by atoms with E-state index in [1.807, 2.05) is 13.0 Å². The van der Waals surface area contributed by atoms with Crippen molar-refractivity contribution in [3.8, 4) is 5.75 Å². The van der Waals surface area contributed by atoms with Crippen molar-refractivity contribution in [2.24, 2.45) is 0 Å². The lowest BCUT2D eigenvalue weighted by atomic mass is 10.2. The fraction of sp³-hybridized carbons (Fsp3) is 0.278. The van der Waals surface area contributed by atoms with E-state index in [2.05, 4.69) is 10.6 Å². The Labute approximate surface area is 150 Å². The van der Waals surface area contributed by atoms with E-state index >= 15 is 0 Å². The van der Waals surface area contributed by atoms with Crippen LogP contribution in [0.5, 0.6) is 5.75 Å². The van der Waals surface area contributed by atoms with Crippen molar-refractivity contribution >= 4 is 40.3 Å². The third-order valence-corrected chi connectivity index (χ3v) is 4.43. The van der Waals surface area contributed by atoms with E-state index in [1.54, 1.807) is 24.3 Å². The molecule has 25 heavy (non-hydrogen) atoms. The van der Waals surface area contributed by atoms with Crippen molar-refractivity contribution in [3.63, 3.8) is 0 Å². The maximum atomic E-state index is 12.2. The summed E-state index contributed by atoms with van der Waals surface area (Å²) in [7, 11) is 1.49. The number of anilines is 2. The highest BCUT2D eigenvalue weighted by Crippen LogP contribution is 2.28. The zero-order chi connectivity index (χ0) is 18.4. The molecule has 1 aromatic carbocycles. The number of methoxy groups -OCH3 is 1. The Hall–Kier alpha value is -2.67. The third kappa shape index (κ3) is 5.42. The van der Waals surface area contributed by atoms with E-state index in [1.165, 1.54) is 25.4 Å². The van der Waals surface area contributed by atoms with Gasteiger partial charge in [-0.15, -0.1) is 11.3 Å². The third-order valence-electron chi connectivity index (χ3n) is 3.39. The van der Waals surface area contributed by atoms with Crippen LogP contribution in [0.4, 0.5) is 11.4 Å². The molecule has 0 spiro atoms. The average molecular weight is 360 g/mol. The van der Waals surface area contributed by atoms with E-state index in [0.29, 0.717) is 22.0 Å². The molecule has 0 aliphatic rings. The lowest BCUT2D eigenvalue weighted by molar-refractivity contribution is -0.116. The number of carbonyl (C=O) groups excluding carboxylic acids is 3. The molecule has 0 unspecified atom stereocenters. The lowest BCUT2D eigenvalue weighted by Crippen LogP contribution is -2.14. The van der Waals surface area contributed by atoms with Crippen molar-refractivity contribution in [2.75, 3.05) is 17.7 Å². The Balaban J connectivity index is 1.99. The first-order valence-corrected chi connectivity index (χ1v) is 8.56. The summed E-state index contributed by atoms with van der Waals surface area (Å²) in [5, 5.41) is 5.37. The summed E-state index contributed by atoms with van der Waals surface area (Å²) in [6.07, 6.45) is 0.211. The minimum Gasteiger partial charge on any atom is -0.495 e. The number of carbonyl (C=O) groups is 3. The second-order valence-electron chi connectivity index (χ2n) is 5.48. The Morgan fingerprint density at radius 3 is 2.44 bits per heavy atom. The van der Waals surface area contributed by atoms with Gasteiger partial charge < -0.3 is 15.4 Å². The maximum Gasteiger partial charge on any atom is 0.224 e. The van der Waals surface area contributed by atoms with Crippen LogP contribution in [0.2, 0.25) is 0 Å². The molecule has 0 bridgehead atoms. The normalized spacial score (nSPS) is 10.2. The molecule has 2 aromatic rings. The van der Waals surface area contributed by atoms with Gasteiger partial charge in [0, 0.05) is 30.3 Å². The first kappa shape index (κ1) is 18.7. The van der Waals surface area contributed by atoms with Gasteiger partial charge in [-0.25, -0.2) is 0 Å². The number of rotatable bonds is 7. The molecule has 0 saturated heterocycles. The van der Waals surface area contributed by atoms with Gasteiger partial charge in [-0.2, -0.15) is 0 Å². The summed E-state index contributed by atoms with van der Waals surface area (Å²) in [6.45, 7) is 3.34. The average Bonchev–Trinajstić information content (AvgIpc) is 2.99. The zero-order valence-corrected chi connectivity index (χ0v) is 15.2. The van der Waals surface area contributed by atoms with Gasteiger partial charge in [0.05, 0.1) is 17.7 Å². The molecule has 0 aliphatic carbocycles. The molecule has 6 nitrogen and oxygen atoms in total. The first-order valence-electron chi connectivity index (χ1n) is 7.74. The predicted octanol–water partition coefficient (Wildman–Crippen LogP) is 3.63. The smallest absolute Gasteiger partial charge is 0.224 e. The molecule has 0 aliphatic heterocycles. The molecule has 1 heterocycles. The lowest BCUT2D eigenvalue weighted by Gasteiger charge is -2.12. The van der Waals surface area contributed by atoms with Crippen molar-refractivity contribution in [1.29, 1.82) is 0 Å². The van der Waals surface area contributed by atoms with Gasteiger partial charge in [0.25, 0.3) is 0 Å². The summed E-state index contributed by atoms with van der Waals surface area (Å²) >= 11 is 1.42. The van der Waals surface area contributed by atoms with Gasteiger partial charge in [-0.1, -0.05) is 0 Å². The van der Waals surface area contributed by atoms with Gasteiger partial charge >= 0.3 is 0 Å². The van der Waals surface area contributed by atoms with Crippen molar-refractivity contribution in [2.45, 2.75) is 26.7 Å². The van der Waals surface area contributed by atoms with Gasteiger partial charge in [0.2, 0.25) is 11.8 Å². The van der Waals surface area contributed by atoms with E-state index in [0.717, 1.165) is 4.88 Å². The summed E-state index contributed by atoms with van der Waals surface area (Å²) < 4.78 is 5.21. The number of thiophene rings is 1. The van der Waals surface area contributed by atoms with Crippen LogP contribution in [0.25, 0.3) is 0 Å². The monoisotopic (exact) mass is 360 g/mol. The van der Waals surface area contributed by atoms with Crippen molar-refractivity contribution in [3.05, 3.63) is 40.1 Å². The molecular weight excluding hydrogens is 340 g/mol.